The molecule has 0 bridgehead atoms. The van der Waals surface area contributed by atoms with Crippen LogP contribution in [0.25, 0.3) is 0 Å². The third-order valence-corrected chi connectivity index (χ3v) is 2.55. The van der Waals surface area contributed by atoms with Crippen molar-refractivity contribution in [3.05, 3.63) is 29.8 Å². The van der Waals surface area contributed by atoms with E-state index in [1.165, 1.54) is 24.3 Å². The van der Waals surface area contributed by atoms with Crippen molar-refractivity contribution < 1.29 is 14.6 Å². The van der Waals surface area contributed by atoms with E-state index in [2.05, 4.69) is 24.5 Å². The molecule has 17 heavy (non-hydrogen) atoms. The summed E-state index contributed by atoms with van der Waals surface area (Å²) in [6, 6.07) is 5.87. The number of esters is 1. The summed E-state index contributed by atoms with van der Waals surface area (Å²) in [5, 5.41) is 9.06. The molecule has 0 saturated heterocycles. The summed E-state index contributed by atoms with van der Waals surface area (Å²) in [5.74, 6) is 6.20. The first kappa shape index (κ1) is 13.5. The molecule has 1 rings (SSSR count). The number of ether oxygens (including phenoxy) is 1. The zero-order chi connectivity index (χ0) is 12.7. The second kappa shape index (κ2) is 6.87. The van der Waals surface area contributed by atoms with Gasteiger partial charge in [-0.2, -0.15) is 12.6 Å². The normalized spacial score (nSPS) is 11.2. The predicted molar refractivity (Wildman–Crippen MR) is 69.2 cm³/mol. The average Bonchev–Trinajstić information content (AvgIpc) is 2.34. The monoisotopic (exact) mass is 250 g/mol. The van der Waals surface area contributed by atoms with Gasteiger partial charge in [0.05, 0.1) is 5.56 Å². The van der Waals surface area contributed by atoms with Crippen molar-refractivity contribution in [3.8, 4) is 17.6 Å². The highest BCUT2D eigenvalue weighted by atomic mass is 32.1. The molecule has 0 aliphatic carbocycles. The van der Waals surface area contributed by atoms with Gasteiger partial charge < -0.3 is 9.84 Å². The highest BCUT2D eigenvalue weighted by molar-refractivity contribution is 7.80. The molecule has 0 amide bonds. The van der Waals surface area contributed by atoms with E-state index in [1.807, 2.05) is 6.92 Å². The van der Waals surface area contributed by atoms with Gasteiger partial charge in [0.15, 0.2) is 6.61 Å². The van der Waals surface area contributed by atoms with Crippen LogP contribution in [-0.4, -0.2) is 23.4 Å². The molecular formula is C13H14O3S. The number of benzene rings is 1. The number of hydrogen-bond donors (Lipinski definition) is 2. The van der Waals surface area contributed by atoms with Crippen LogP contribution in [0, 0.1) is 17.8 Å². The average molecular weight is 250 g/mol. The van der Waals surface area contributed by atoms with Gasteiger partial charge in [0.25, 0.3) is 0 Å². The standard InChI is InChI=1S/C13H14O3S/c1-10(9-17)3-2-8-16-13(15)11-4-6-12(14)7-5-11/h4-7,10,14,17H,8-9H2,1H3. The third kappa shape index (κ3) is 4.83. The van der Waals surface area contributed by atoms with Gasteiger partial charge in [0.1, 0.15) is 5.75 Å². The topological polar surface area (TPSA) is 46.5 Å². The number of carbonyl (C=O) groups excluding carboxylic acids is 1. The summed E-state index contributed by atoms with van der Waals surface area (Å²) < 4.78 is 4.94. The molecule has 1 aromatic rings. The Morgan fingerprint density at radius 1 is 1.47 bits per heavy atom. The van der Waals surface area contributed by atoms with Crippen LogP contribution in [0.2, 0.25) is 0 Å². The number of hydrogen-bond acceptors (Lipinski definition) is 4. The Labute approximate surface area is 106 Å². The van der Waals surface area contributed by atoms with E-state index in [9.17, 15) is 4.79 Å². The predicted octanol–water partition coefficient (Wildman–Crippen LogP) is 2.12. The van der Waals surface area contributed by atoms with Gasteiger partial charge in [0, 0.05) is 11.7 Å². The fraction of sp³-hybridized carbons (Fsp3) is 0.308. The Morgan fingerprint density at radius 3 is 2.71 bits per heavy atom. The van der Waals surface area contributed by atoms with Crippen LogP contribution in [0.4, 0.5) is 0 Å². The Balaban J connectivity index is 2.44. The molecule has 0 saturated carbocycles. The molecule has 0 heterocycles. The van der Waals surface area contributed by atoms with E-state index in [1.54, 1.807) is 0 Å². The van der Waals surface area contributed by atoms with Crippen LogP contribution in [0.5, 0.6) is 5.75 Å². The lowest BCUT2D eigenvalue weighted by Gasteiger charge is -2.01. The Bertz CT molecular complexity index is 428. The van der Waals surface area contributed by atoms with E-state index in [-0.39, 0.29) is 18.3 Å². The molecule has 0 radical (unpaired) electrons. The van der Waals surface area contributed by atoms with Gasteiger partial charge >= 0.3 is 5.97 Å². The lowest BCUT2D eigenvalue weighted by Crippen LogP contribution is -2.05. The maximum Gasteiger partial charge on any atom is 0.339 e. The molecule has 1 unspecified atom stereocenters. The minimum Gasteiger partial charge on any atom is -0.508 e. The summed E-state index contributed by atoms with van der Waals surface area (Å²) in [7, 11) is 0. The fourth-order valence-corrected chi connectivity index (χ4v) is 1.14. The van der Waals surface area contributed by atoms with Gasteiger partial charge in [0.2, 0.25) is 0 Å². The quantitative estimate of drug-likeness (QED) is 0.491. The first-order valence-corrected chi connectivity index (χ1v) is 5.82. The van der Waals surface area contributed by atoms with Crippen molar-refractivity contribution >= 4 is 18.6 Å². The van der Waals surface area contributed by atoms with Crippen molar-refractivity contribution in [2.45, 2.75) is 6.92 Å². The zero-order valence-electron chi connectivity index (χ0n) is 9.51. The molecule has 0 aliphatic heterocycles. The zero-order valence-corrected chi connectivity index (χ0v) is 10.4. The lowest BCUT2D eigenvalue weighted by atomic mass is 10.2. The Kier molecular flexibility index (Phi) is 5.44. The number of thiol groups is 1. The molecule has 0 fully saturated rings. The van der Waals surface area contributed by atoms with E-state index < -0.39 is 5.97 Å². The van der Waals surface area contributed by atoms with Gasteiger partial charge in [-0.25, -0.2) is 4.79 Å². The van der Waals surface area contributed by atoms with Crippen LogP contribution in [0.3, 0.4) is 0 Å². The molecule has 0 aromatic heterocycles. The number of aromatic hydroxyl groups is 1. The molecule has 3 nitrogen and oxygen atoms in total. The van der Waals surface area contributed by atoms with Gasteiger partial charge in [-0.05, 0) is 24.3 Å². The van der Waals surface area contributed by atoms with E-state index in [4.69, 9.17) is 9.84 Å². The van der Waals surface area contributed by atoms with Crippen molar-refractivity contribution in [2.75, 3.05) is 12.4 Å². The summed E-state index contributed by atoms with van der Waals surface area (Å²) in [5.41, 5.74) is 0.395. The van der Waals surface area contributed by atoms with Crippen LogP contribution >= 0.6 is 12.6 Å². The number of carbonyl (C=O) groups is 1. The first-order valence-electron chi connectivity index (χ1n) is 5.19. The van der Waals surface area contributed by atoms with Gasteiger partial charge in [-0.15, -0.1) is 0 Å². The smallest absolute Gasteiger partial charge is 0.339 e. The highest BCUT2D eigenvalue weighted by Gasteiger charge is 2.05. The van der Waals surface area contributed by atoms with Gasteiger partial charge in [-0.1, -0.05) is 18.8 Å². The Hall–Kier alpha value is -1.60. The summed E-state index contributed by atoms with van der Waals surface area (Å²) in [6.07, 6.45) is 0. The van der Waals surface area contributed by atoms with Crippen LogP contribution in [-0.2, 0) is 4.74 Å². The van der Waals surface area contributed by atoms with E-state index >= 15 is 0 Å². The highest BCUT2D eigenvalue weighted by Crippen LogP contribution is 2.10. The summed E-state index contributed by atoms with van der Waals surface area (Å²) in [6.45, 7) is 2.01. The number of phenols is 1. The molecule has 0 spiro atoms. The van der Waals surface area contributed by atoms with Crippen LogP contribution in [0.1, 0.15) is 17.3 Å². The lowest BCUT2D eigenvalue weighted by molar-refractivity contribution is 0.0556. The summed E-state index contributed by atoms with van der Waals surface area (Å²) in [4.78, 5) is 11.5. The third-order valence-electron chi connectivity index (χ3n) is 2.00. The molecule has 4 heteroatoms. The number of phenolic OH excluding ortho intramolecular Hbond substituents is 1. The first-order chi connectivity index (χ1) is 8.13. The fourth-order valence-electron chi connectivity index (χ4n) is 1.04. The van der Waals surface area contributed by atoms with E-state index in [0.717, 1.165) is 0 Å². The van der Waals surface area contributed by atoms with Crippen molar-refractivity contribution in [1.82, 2.24) is 0 Å². The minimum absolute atomic E-state index is 0.0673. The van der Waals surface area contributed by atoms with E-state index in [0.29, 0.717) is 11.3 Å². The number of rotatable bonds is 3. The molecule has 1 aromatic carbocycles. The SMILES string of the molecule is CC(C#CCOC(=O)c1ccc(O)cc1)CS. The summed E-state index contributed by atoms with van der Waals surface area (Å²) >= 11 is 4.09. The maximum atomic E-state index is 11.5. The van der Waals surface area contributed by atoms with Crippen LogP contribution < -0.4 is 0 Å². The van der Waals surface area contributed by atoms with Crippen molar-refractivity contribution in [1.29, 1.82) is 0 Å². The molecule has 0 aliphatic rings. The van der Waals surface area contributed by atoms with Crippen molar-refractivity contribution in [3.63, 3.8) is 0 Å². The molecule has 1 atom stereocenters. The minimum atomic E-state index is -0.446. The Morgan fingerprint density at radius 2 is 2.12 bits per heavy atom. The molecular weight excluding hydrogens is 236 g/mol. The molecule has 1 N–H and O–H groups in total. The van der Waals surface area contributed by atoms with Crippen molar-refractivity contribution in [2.24, 2.45) is 5.92 Å². The second-order valence-electron chi connectivity index (χ2n) is 3.53. The molecule has 90 valence electrons. The van der Waals surface area contributed by atoms with Crippen LogP contribution in [0.15, 0.2) is 24.3 Å². The largest absolute Gasteiger partial charge is 0.508 e. The van der Waals surface area contributed by atoms with Gasteiger partial charge in [-0.3, -0.25) is 0 Å². The second-order valence-corrected chi connectivity index (χ2v) is 3.89. The maximum absolute atomic E-state index is 11.5.